The predicted octanol–water partition coefficient (Wildman–Crippen LogP) is 0.362. The van der Waals surface area contributed by atoms with E-state index in [9.17, 15) is 8.42 Å². The fraction of sp³-hybridized carbons (Fsp3) is 0.778. The highest BCUT2D eigenvalue weighted by Gasteiger charge is 2.35. The molecule has 14 heavy (non-hydrogen) atoms. The fourth-order valence-corrected chi connectivity index (χ4v) is 4.08. The standard InChI is InChI=1S/C9H18N2O2S/c1-7(2)9(11-10)8-5-3-4-6-14(8,12)13/h8-9,11H,1,3-6,10H2,2H3. The minimum absolute atomic E-state index is 0.281. The number of rotatable bonds is 3. The Kier molecular flexibility index (Phi) is 3.69. The summed E-state index contributed by atoms with van der Waals surface area (Å²) in [4.78, 5) is 0. The molecule has 0 bridgehead atoms. The van der Waals surface area contributed by atoms with Crippen molar-refractivity contribution in [2.24, 2.45) is 5.84 Å². The van der Waals surface area contributed by atoms with Crippen LogP contribution in [0.3, 0.4) is 0 Å². The van der Waals surface area contributed by atoms with Gasteiger partial charge in [-0.3, -0.25) is 11.3 Å². The van der Waals surface area contributed by atoms with E-state index in [1.807, 2.05) is 0 Å². The molecule has 2 unspecified atom stereocenters. The van der Waals surface area contributed by atoms with Gasteiger partial charge in [-0.1, -0.05) is 18.6 Å². The molecule has 0 aromatic rings. The summed E-state index contributed by atoms with van der Waals surface area (Å²) >= 11 is 0. The third-order valence-corrected chi connectivity index (χ3v) is 5.00. The van der Waals surface area contributed by atoms with Crippen molar-refractivity contribution in [1.82, 2.24) is 5.43 Å². The minimum Gasteiger partial charge on any atom is -0.271 e. The van der Waals surface area contributed by atoms with Gasteiger partial charge in [0.2, 0.25) is 0 Å². The quantitative estimate of drug-likeness (QED) is 0.407. The Labute approximate surface area is 85.4 Å². The maximum Gasteiger partial charge on any atom is 0.155 e. The zero-order chi connectivity index (χ0) is 10.8. The molecule has 1 aliphatic rings. The highest BCUT2D eigenvalue weighted by molar-refractivity contribution is 7.92. The first-order valence-electron chi connectivity index (χ1n) is 4.82. The van der Waals surface area contributed by atoms with Gasteiger partial charge >= 0.3 is 0 Å². The SMILES string of the molecule is C=C(C)C(NN)C1CCCCS1(=O)=O. The molecule has 0 aromatic carbocycles. The van der Waals surface area contributed by atoms with E-state index in [4.69, 9.17) is 5.84 Å². The second-order valence-corrected chi connectivity index (χ2v) is 6.23. The van der Waals surface area contributed by atoms with E-state index < -0.39 is 15.1 Å². The van der Waals surface area contributed by atoms with Gasteiger partial charge < -0.3 is 0 Å². The molecule has 3 N–H and O–H groups in total. The molecule has 82 valence electrons. The first-order chi connectivity index (χ1) is 6.49. The Hall–Kier alpha value is -0.390. The number of nitrogens with one attached hydrogen (secondary N) is 1. The number of nitrogens with two attached hydrogens (primary N) is 1. The summed E-state index contributed by atoms with van der Waals surface area (Å²) in [6, 6.07) is -0.305. The smallest absolute Gasteiger partial charge is 0.155 e. The summed E-state index contributed by atoms with van der Waals surface area (Å²) < 4.78 is 23.5. The Morgan fingerprint density at radius 3 is 2.64 bits per heavy atom. The van der Waals surface area contributed by atoms with Crippen LogP contribution in [0.5, 0.6) is 0 Å². The van der Waals surface area contributed by atoms with Crippen LogP contribution in [-0.4, -0.2) is 25.5 Å². The van der Waals surface area contributed by atoms with Crippen molar-refractivity contribution in [1.29, 1.82) is 0 Å². The molecular formula is C9H18N2O2S. The van der Waals surface area contributed by atoms with Crippen molar-refractivity contribution in [2.75, 3.05) is 5.75 Å². The van der Waals surface area contributed by atoms with Crippen LogP contribution in [-0.2, 0) is 9.84 Å². The van der Waals surface area contributed by atoms with Gasteiger partial charge in [0.15, 0.2) is 9.84 Å². The predicted molar refractivity (Wildman–Crippen MR) is 57.4 cm³/mol. The lowest BCUT2D eigenvalue weighted by molar-refractivity contribution is 0.476. The molecule has 4 nitrogen and oxygen atoms in total. The van der Waals surface area contributed by atoms with Gasteiger partial charge in [0.05, 0.1) is 17.0 Å². The van der Waals surface area contributed by atoms with Crippen LogP contribution in [0.25, 0.3) is 0 Å². The van der Waals surface area contributed by atoms with E-state index in [-0.39, 0.29) is 11.8 Å². The van der Waals surface area contributed by atoms with E-state index in [0.717, 1.165) is 18.4 Å². The van der Waals surface area contributed by atoms with Crippen molar-refractivity contribution in [3.05, 3.63) is 12.2 Å². The van der Waals surface area contributed by atoms with Gasteiger partial charge in [0.1, 0.15) is 0 Å². The maximum absolute atomic E-state index is 11.7. The van der Waals surface area contributed by atoms with E-state index in [1.165, 1.54) is 0 Å². The average molecular weight is 218 g/mol. The summed E-state index contributed by atoms with van der Waals surface area (Å²) in [5.41, 5.74) is 3.33. The zero-order valence-corrected chi connectivity index (χ0v) is 9.31. The average Bonchev–Trinajstić information content (AvgIpc) is 2.08. The second-order valence-electron chi connectivity index (χ2n) is 3.89. The van der Waals surface area contributed by atoms with Crippen molar-refractivity contribution in [2.45, 2.75) is 37.5 Å². The summed E-state index contributed by atoms with van der Waals surface area (Å²) in [5.74, 6) is 5.63. The molecule has 0 amide bonds. The summed E-state index contributed by atoms with van der Waals surface area (Å²) in [7, 11) is -2.98. The van der Waals surface area contributed by atoms with Crippen molar-refractivity contribution < 1.29 is 8.42 Å². The Bertz CT molecular complexity index is 311. The third kappa shape index (κ3) is 2.34. The number of sulfone groups is 1. The molecule has 0 aliphatic carbocycles. The first kappa shape index (κ1) is 11.7. The molecule has 0 aromatic heterocycles. The first-order valence-corrected chi connectivity index (χ1v) is 6.53. The molecule has 1 saturated heterocycles. The molecule has 1 aliphatic heterocycles. The van der Waals surface area contributed by atoms with Gasteiger partial charge in [-0.2, -0.15) is 0 Å². The molecule has 0 radical (unpaired) electrons. The van der Waals surface area contributed by atoms with Crippen LogP contribution in [0.1, 0.15) is 26.2 Å². The lowest BCUT2D eigenvalue weighted by Crippen LogP contribution is -2.49. The minimum atomic E-state index is -2.98. The molecule has 1 fully saturated rings. The van der Waals surface area contributed by atoms with Crippen LogP contribution in [0, 0.1) is 0 Å². The van der Waals surface area contributed by atoms with Crippen LogP contribution in [0.2, 0.25) is 0 Å². The highest BCUT2D eigenvalue weighted by Crippen LogP contribution is 2.24. The molecule has 5 heteroatoms. The fourth-order valence-electron chi connectivity index (χ4n) is 1.92. The summed E-state index contributed by atoms with van der Waals surface area (Å²) in [6.45, 7) is 5.56. The number of hydrogen-bond acceptors (Lipinski definition) is 4. The van der Waals surface area contributed by atoms with Crippen molar-refractivity contribution in [3.8, 4) is 0 Å². The van der Waals surface area contributed by atoms with Gasteiger partial charge in [0, 0.05) is 0 Å². The zero-order valence-electron chi connectivity index (χ0n) is 8.49. The molecule has 0 spiro atoms. The topological polar surface area (TPSA) is 72.2 Å². The highest BCUT2D eigenvalue weighted by atomic mass is 32.2. The maximum atomic E-state index is 11.7. The monoisotopic (exact) mass is 218 g/mol. The van der Waals surface area contributed by atoms with Crippen LogP contribution in [0.4, 0.5) is 0 Å². The number of hydrogen-bond donors (Lipinski definition) is 2. The van der Waals surface area contributed by atoms with E-state index in [1.54, 1.807) is 6.92 Å². The van der Waals surface area contributed by atoms with Crippen molar-refractivity contribution >= 4 is 9.84 Å². The van der Waals surface area contributed by atoms with Gasteiger partial charge in [-0.25, -0.2) is 8.42 Å². The Morgan fingerprint density at radius 1 is 1.57 bits per heavy atom. The number of hydrazine groups is 1. The second kappa shape index (κ2) is 4.42. The van der Waals surface area contributed by atoms with Gasteiger partial charge in [0.25, 0.3) is 0 Å². The van der Waals surface area contributed by atoms with E-state index in [2.05, 4.69) is 12.0 Å². The van der Waals surface area contributed by atoms with Crippen LogP contribution >= 0.6 is 0 Å². The summed E-state index contributed by atoms with van der Waals surface area (Å²) in [6.07, 6.45) is 2.41. The molecule has 2 atom stereocenters. The normalized spacial score (nSPS) is 28.3. The van der Waals surface area contributed by atoms with Crippen LogP contribution in [0.15, 0.2) is 12.2 Å². The molecule has 1 heterocycles. The third-order valence-electron chi connectivity index (χ3n) is 2.71. The van der Waals surface area contributed by atoms with Crippen molar-refractivity contribution in [3.63, 3.8) is 0 Å². The molecule has 0 saturated carbocycles. The van der Waals surface area contributed by atoms with Crippen LogP contribution < -0.4 is 11.3 Å². The lowest BCUT2D eigenvalue weighted by Gasteiger charge is -2.29. The van der Waals surface area contributed by atoms with E-state index in [0.29, 0.717) is 6.42 Å². The van der Waals surface area contributed by atoms with Gasteiger partial charge in [-0.05, 0) is 19.8 Å². The lowest BCUT2D eigenvalue weighted by atomic mass is 10.0. The summed E-state index contributed by atoms with van der Waals surface area (Å²) in [5, 5.41) is -0.390. The molecule has 1 rings (SSSR count). The Morgan fingerprint density at radius 2 is 2.21 bits per heavy atom. The van der Waals surface area contributed by atoms with E-state index >= 15 is 0 Å². The van der Waals surface area contributed by atoms with Gasteiger partial charge in [-0.15, -0.1) is 0 Å². The Balaban J connectivity index is 2.88. The molecular weight excluding hydrogens is 200 g/mol. The largest absolute Gasteiger partial charge is 0.271 e.